The van der Waals surface area contributed by atoms with Gasteiger partial charge in [0.25, 0.3) is 0 Å². The molecular formula is C14H13NO4. The molecule has 98 valence electrons. The zero-order chi connectivity index (χ0) is 13.8. The van der Waals surface area contributed by atoms with Gasteiger partial charge in [0.2, 0.25) is 0 Å². The Hall–Kier alpha value is -2.56. The molecule has 0 amide bonds. The number of nitrogens with zero attached hydrogens (tertiary/aromatic N) is 1. The SMILES string of the molecule is COC(=O)c1nc(-c2ccccc2OC)ccc1O. The fourth-order valence-corrected chi connectivity index (χ4v) is 1.70. The van der Waals surface area contributed by atoms with Crippen molar-refractivity contribution >= 4 is 5.97 Å². The van der Waals surface area contributed by atoms with E-state index in [1.54, 1.807) is 19.2 Å². The van der Waals surface area contributed by atoms with Gasteiger partial charge in [-0.2, -0.15) is 0 Å². The Morgan fingerprint density at radius 1 is 1.16 bits per heavy atom. The van der Waals surface area contributed by atoms with Crippen LogP contribution >= 0.6 is 0 Å². The van der Waals surface area contributed by atoms with Crippen LogP contribution in [0.3, 0.4) is 0 Å². The van der Waals surface area contributed by atoms with E-state index in [9.17, 15) is 9.90 Å². The number of carbonyl (C=O) groups excluding carboxylic acids is 1. The Morgan fingerprint density at radius 3 is 2.58 bits per heavy atom. The molecule has 0 spiro atoms. The van der Waals surface area contributed by atoms with Gasteiger partial charge in [0, 0.05) is 5.56 Å². The summed E-state index contributed by atoms with van der Waals surface area (Å²) in [6.45, 7) is 0. The summed E-state index contributed by atoms with van der Waals surface area (Å²) in [5.41, 5.74) is 1.14. The number of aromatic hydroxyl groups is 1. The molecule has 0 aliphatic rings. The van der Waals surface area contributed by atoms with Crippen molar-refractivity contribution in [1.29, 1.82) is 0 Å². The lowest BCUT2D eigenvalue weighted by molar-refractivity contribution is 0.0590. The van der Waals surface area contributed by atoms with Crippen LogP contribution in [0.4, 0.5) is 0 Å². The van der Waals surface area contributed by atoms with Gasteiger partial charge in [0.05, 0.1) is 19.9 Å². The first-order valence-corrected chi connectivity index (χ1v) is 5.59. The molecule has 0 unspecified atom stereocenters. The van der Waals surface area contributed by atoms with Gasteiger partial charge < -0.3 is 14.6 Å². The second-order valence-electron chi connectivity index (χ2n) is 3.76. The zero-order valence-corrected chi connectivity index (χ0v) is 10.6. The van der Waals surface area contributed by atoms with E-state index in [0.717, 1.165) is 5.56 Å². The second kappa shape index (κ2) is 5.39. The number of para-hydroxylation sites is 1. The number of rotatable bonds is 3. The normalized spacial score (nSPS) is 10.0. The Balaban J connectivity index is 2.54. The highest BCUT2D eigenvalue weighted by Crippen LogP contribution is 2.30. The summed E-state index contributed by atoms with van der Waals surface area (Å²) in [4.78, 5) is 15.6. The molecule has 2 rings (SSSR count). The quantitative estimate of drug-likeness (QED) is 0.856. The third-order valence-electron chi connectivity index (χ3n) is 2.64. The summed E-state index contributed by atoms with van der Waals surface area (Å²) < 4.78 is 9.81. The number of carbonyl (C=O) groups is 1. The van der Waals surface area contributed by atoms with Gasteiger partial charge in [-0.3, -0.25) is 0 Å². The average molecular weight is 259 g/mol. The first kappa shape index (κ1) is 12.9. The fraction of sp³-hybridized carbons (Fsp3) is 0.143. The molecule has 0 saturated heterocycles. The minimum atomic E-state index is -0.686. The van der Waals surface area contributed by atoms with Crippen molar-refractivity contribution in [3.05, 3.63) is 42.1 Å². The van der Waals surface area contributed by atoms with E-state index < -0.39 is 5.97 Å². The van der Waals surface area contributed by atoms with Crippen LogP contribution < -0.4 is 4.74 Å². The molecule has 5 heteroatoms. The van der Waals surface area contributed by atoms with Gasteiger partial charge in [-0.05, 0) is 24.3 Å². The van der Waals surface area contributed by atoms with E-state index in [4.69, 9.17) is 4.74 Å². The third kappa shape index (κ3) is 2.49. The summed E-state index contributed by atoms with van der Waals surface area (Å²) in [6, 6.07) is 10.3. The highest BCUT2D eigenvalue weighted by Gasteiger charge is 2.16. The second-order valence-corrected chi connectivity index (χ2v) is 3.76. The molecule has 1 aromatic heterocycles. The lowest BCUT2D eigenvalue weighted by Crippen LogP contribution is -2.05. The van der Waals surface area contributed by atoms with Crippen LogP contribution in [0.5, 0.6) is 11.5 Å². The average Bonchev–Trinajstić information content (AvgIpc) is 2.47. The maximum absolute atomic E-state index is 11.5. The molecule has 1 heterocycles. The maximum Gasteiger partial charge on any atom is 0.360 e. The predicted molar refractivity (Wildman–Crippen MR) is 69.2 cm³/mol. The summed E-state index contributed by atoms with van der Waals surface area (Å²) in [6.07, 6.45) is 0. The Bertz CT molecular complexity index is 610. The number of methoxy groups -OCH3 is 2. The van der Waals surface area contributed by atoms with Gasteiger partial charge in [-0.25, -0.2) is 9.78 Å². The largest absolute Gasteiger partial charge is 0.505 e. The highest BCUT2D eigenvalue weighted by molar-refractivity contribution is 5.91. The molecule has 0 fully saturated rings. The molecule has 0 aliphatic heterocycles. The Labute approximate surface area is 110 Å². The van der Waals surface area contributed by atoms with Crippen molar-refractivity contribution in [1.82, 2.24) is 4.98 Å². The van der Waals surface area contributed by atoms with Crippen LogP contribution in [-0.4, -0.2) is 30.3 Å². The fourth-order valence-electron chi connectivity index (χ4n) is 1.70. The number of ether oxygens (including phenoxy) is 2. The number of hydrogen-bond acceptors (Lipinski definition) is 5. The first-order chi connectivity index (χ1) is 9.17. The summed E-state index contributed by atoms with van der Waals surface area (Å²) >= 11 is 0. The van der Waals surface area contributed by atoms with E-state index in [1.807, 2.05) is 18.2 Å². The van der Waals surface area contributed by atoms with Crippen LogP contribution in [0.1, 0.15) is 10.5 Å². The first-order valence-electron chi connectivity index (χ1n) is 5.59. The summed E-state index contributed by atoms with van der Waals surface area (Å²) in [7, 11) is 2.79. The maximum atomic E-state index is 11.5. The standard InChI is InChI=1S/C14H13NO4/c1-18-12-6-4-3-5-9(12)10-7-8-11(16)13(15-10)14(17)19-2/h3-8,16H,1-2H3. The summed E-state index contributed by atoms with van der Waals surface area (Å²) in [5.74, 6) is -0.267. The lowest BCUT2D eigenvalue weighted by Gasteiger charge is -2.09. The van der Waals surface area contributed by atoms with Crippen molar-refractivity contribution in [3.8, 4) is 22.8 Å². The minimum absolute atomic E-state index is 0.120. The van der Waals surface area contributed by atoms with Gasteiger partial charge in [0.1, 0.15) is 11.5 Å². The van der Waals surface area contributed by atoms with Crippen molar-refractivity contribution < 1.29 is 19.4 Å². The molecule has 0 bridgehead atoms. The molecule has 5 nitrogen and oxygen atoms in total. The molecular weight excluding hydrogens is 246 g/mol. The Kier molecular flexibility index (Phi) is 3.66. The number of hydrogen-bond donors (Lipinski definition) is 1. The van der Waals surface area contributed by atoms with Gasteiger partial charge >= 0.3 is 5.97 Å². The molecule has 0 atom stereocenters. The molecule has 2 aromatic rings. The number of benzene rings is 1. The van der Waals surface area contributed by atoms with Crippen LogP contribution in [-0.2, 0) is 4.74 Å². The molecule has 19 heavy (non-hydrogen) atoms. The predicted octanol–water partition coefficient (Wildman–Crippen LogP) is 2.25. The number of aromatic nitrogens is 1. The topological polar surface area (TPSA) is 68.7 Å². The van der Waals surface area contributed by atoms with Crippen molar-refractivity contribution in [2.24, 2.45) is 0 Å². The monoisotopic (exact) mass is 259 g/mol. The molecule has 1 N–H and O–H groups in total. The molecule has 0 aliphatic carbocycles. The lowest BCUT2D eigenvalue weighted by atomic mass is 10.1. The van der Waals surface area contributed by atoms with Crippen LogP contribution in [0, 0.1) is 0 Å². The van der Waals surface area contributed by atoms with E-state index in [1.165, 1.54) is 13.2 Å². The van der Waals surface area contributed by atoms with Crippen molar-refractivity contribution in [2.75, 3.05) is 14.2 Å². The number of esters is 1. The van der Waals surface area contributed by atoms with Crippen LogP contribution in [0.25, 0.3) is 11.3 Å². The van der Waals surface area contributed by atoms with Crippen molar-refractivity contribution in [2.45, 2.75) is 0 Å². The molecule has 1 aromatic carbocycles. The summed E-state index contributed by atoms with van der Waals surface area (Å²) in [5, 5.41) is 9.62. The minimum Gasteiger partial charge on any atom is -0.505 e. The zero-order valence-electron chi connectivity index (χ0n) is 10.6. The van der Waals surface area contributed by atoms with Crippen LogP contribution in [0.15, 0.2) is 36.4 Å². The van der Waals surface area contributed by atoms with Gasteiger partial charge in [-0.15, -0.1) is 0 Å². The van der Waals surface area contributed by atoms with Crippen LogP contribution in [0.2, 0.25) is 0 Å². The highest BCUT2D eigenvalue weighted by atomic mass is 16.5. The van der Waals surface area contributed by atoms with E-state index in [-0.39, 0.29) is 11.4 Å². The Morgan fingerprint density at radius 2 is 1.89 bits per heavy atom. The smallest absolute Gasteiger partial charge is 0.360 e. The van der Waals surface area contributed by atoms with Gasteiger partial charge in [0.15, 0.2) is 5.69 Å². The third-order valence-corrected chi connectivity index (χ3v) is 2.64. The molecule has 0 radical (unpaired) electrons. The number of pyridine rings is 1. The molecule has 0 saturated carbocycles. The van der Waals surface area contributed by atoms with Crippen molar-refractivity contribution in [3.63, 3.8) is 0 Å². The van der Waals surface area contributed by atoms with E-state index in [0.29, 0.717) is 11.4 Å². The van der Waals surface area contributed by atoms with Gasteiger partial charge in [-0.1, -0.05) is 12.1 Å². The van der Waals surface area contributed by atoms with E-state index >= 15 is 0 Å². The van der Waals surface area contributed by atoms with E-state index in [2.05, 4.69) is 9.72 Å².